The van der Waals surface area contributed by atoms with Crippen molar-refractivity contribution in [3.8, 4) is 0 Å². The van der Waals surface area contributed by atoms with E-state index in [0.717, 1.165) is 12.8 Å². The first-order valence-electron chi connectivity index (χ1n) is 3.63. The quantitative estimate of drug-likeness (QED) is 0.220. The Kier molecular flexibility index (Phi) is 44.2. The summed E-state index contributed by atoms with van der Waals surface area (Å²) < 4.78 is 13.2. The van der Waals surface area contributed by atoms with Crippen LogP contribution in [0.25, 0.3) is 0 Å². The molecule has 16 heavy (non-hydrogen) atoms. The maximum atomic E-state index is 10.1. The van der Waals surface area contributed by atoms with Crippen LogP contribution >= 0.6 is 7.82 Å². The normalized spacial score (nSPS) is 8.06. The van der Waals surface area contributed by atoms with E-state index >= 15 is 0 Å². The largest absolute Gasteiger partial charge is 1.00 e. The number of hydrogen-bond acceptors (Lipinski definition) is 6. The van der Waals surface area contributed by atoms with Gasteiger partial charge in [-0.1, -0.05) is 13.3 Å². The number of carbonyl (C=O) groups excluding carboxylic acids is 1. The molecule has 0 aliphatic heterocycles. The van der Waals surface area contributed by atoms with Crippen molar-refractivity contribution >= 4 is 13.8 Å². The second kappa shape index (κ2) is 21.8. The number of unbranched alkanes of at least 4 members (excludes halogenated alkanes) is 1. The third-order valence-electron chi connectivity index (χ3n) is 0.803. The van der Waals surface area contributed by atoms with Gasteiger partial charge in [-0.15, -0.1) is 0 Å². The van der Waals surface area contributed by atoms with Crippen LogP contribution in [0.3, 0.4) is 0 Å². The van der Waals surface area contributed by atoms with Gasteiger partial charge < -0.3 is 24.0 Å². The van der Waals surface area contributed by atoms with Crippen molar-refractivity contribution in [2.45, 2.75) is 26.7 Å². The summed E-state index contributed by atoms with van der Waals surface area (Å²) in [6, 6.07) is 0. The molecule has 0 fully saturated rings. The number of carbonyl (C=O) groups is 1. The smallest absolute Gasteiger partial charge is 0.822 e. The predicted octanol–water partition coefficient (Wildman–Crippen LogP) is -10.5. The van der Waals surface area contributed by atoms with E-state index < -0.39 is 7.82 Å². The summed E-state index contributed by atoms with van der Waals surface area (Å²) >= 11 is 0. The molecule has 0 aromatic rings. The topological polar surface area (TPSA) is 113 Å². The van der Waals surface area contributed by atoms with Crippen molar-refractivity contribution in [3.05, 3.63) is 0 Å². The number of ether oxygens (including phenoxy) is 1. The SMILES string of the molecule is CCCCOC(C)=O.O=P([O-])([O-])[O-].[K+].[K+].[K+]. The molecule has 0 radical (unpaired) electrons. The van der Waals surface area contributed by atoms with E-state index in [1.165, 1.54) is 6.92 Å². The Morgan fingerprint density at radius 1 is 1.19 bits per heavy atom. The molecule has 0 saturated heterocycles. The van der Waals surface area contributed by atoms with E-state index in [-0.39, 0.29) is 160 Å². The zero-order chi connectivity index (χ0) is 10.9. The van der Waals surface area contributed by atoms with Gasteiger partial charge in [0.2, 0.25) is 0 Å². The molecule has 0 heterocycles. The van der Waals surface area contributed by atoms with Crippen molar-refractivity contribution in [1.82, 2.24) is 0 Å². The van der Waals surface area contributed by atoms with Gasteiger partial charge in [-0.25, -0.2) is 0 Å². The molecular formula is C6H12K3O6P. The maximum Gasteiger partial charge on any atom is 1.00 e. The molecule has 0 amide bonds. The van der Waals surface area contributed by atoms with Gasteiger partial charge in [0.1, 0.15) is 0 Å². The maximum absolute atomic E-state index is 10.1. The van der Waals surface area contributed by atoms with Crippen LogP contribution in [0.4, 0.5) is 0 Å². The molecule has 0 unspecified atom stereocenters. The van der Waals surface area contributed by atoms with Crippen molar-refractivity contribution in [3.63, 3.8) is 0 Å². The van der Waals surface area contributed by atoms with Crippen molar-refractivity contribution in [2.24, 2.45) is 0 Å². The monoisotopic (exact) mass is 328 g/mol. The van der Waals surface area contributed by atoms with Crippen LogP contribution in [-0.2, 0) is 14.1 Å². The molecule has 0 atom stereocenters. The molecule has 0 aliphatic carbocycles. The van der Waals surface area contributed by atoms with E-state index in [0.29, 0.717) is 6.61 Å². The fraction of sp³-hybridized carbons (Fsp3) is 0.833. The molecule has 0 spiro atoms. The second-order valence-corrected chi connectivity index (χ2v) is 3.04. The summed E-state index contributed by atoms with van der Waals surface area (Å²) in [5.74, 6) is -0.182. The molecule has 10 heteroatoms. The van der Waals surface area contributed by atoms with Crippen LogP contribution < -0.4 is 169 Å². The summed E-state index contributed by atoms with van der Waals surface area (Å²) in [6.07, 6.45) is 2.05. The van der Waals surface area contributed by atoms with E-state index in [4.69, 9.17) is 19.2 Å². The summed E-state index contributed by atoms with van der Waals surface area (Å²) in [5, 5.41) is 0. The average Bonchev–Trinajstić information content (AvgIpc) is 1.83. The predicted molar refractivity (Wildman–Crippen MR) is 39.1 cm³/mol. The minimum atomic E-state index is -5.39. The Morgan fingerprint density at radius 2 is 1.50 bits per heavy atom. The Hall–Kier alpha value is 4.49. The van der Waals surface area contributed by atoms with Crippen LogP contribution in [0.5, 0.6) is 0 Å². The Balaban J connectivity index is -0.0000000454. The van der Waals surface area contributed by atoms with Gasteiger partial charge in [-0.3, -0.25) is 4.79 Å². The van der Waals surface area contributed by atoms with Gasteiger partial charge >= 0.3 is 160 Å². The molecular weight excluding hydrogens is 316 g/mol. The molecule has 0 rings (SSSR count). The van der Waals surface area contributed by atoms with Gasteiger partial charge in [-0.2, -0.15) is 7.82 Å². The molecule has 6 nitrogen and oxygen atoms in total. The van der Waals surface area contributed by atoms with E-state index in [1.54, 1.807) is 0 Å². The van der Waals surface area contributed by atoms with Crippen molar-refractivity contribution < 1.29 is 183 Å². The van der Waals surface area contributed by atoms with Crippen LogP contribution in [0.1, 0.15) is 26.7 Å². The van der Waals surface area contributed by atoms with Crippen molar-refractivity contribution in [1.29, 1.82) is 0 Å². The fourth-order valence-corrected chi connectivity index (χ4v) is 0.360. The van der Waals surface area contributed by atoms with Gasteiger partial charge in [-0.05, 0) is 6.42 Å². The van der Waals surface area contributed by atoms with Gasteiger partial charge in [0.05, 0.1) is 6.61 Å². The number of rotatable bonds is 3. The van der Waals surface area contributed by atoms with E-state index in [9.17, 15) is 4.79 Å². The zero-order valence-electron chi connectivity index (χ0n) is 10.5. The molecule has 0 N–H and O–H groups in total. The Morgan fingerprint density at radius 3 is 1.69 bits per heavy atom. The third-order valence-corrected chi connectivity index (χ3v) is 0.803. The van der Waals surface area contributed by atoms with Crippen LogP contribution in [0.15, 0.2) is 0 Å². The second-order valence-electron chi connectivity index (χ2n) is 2.14. The number of hydrogen-bond donors (Lipinski definition) is 0. The number of phosphoric acid groups is 1. The molecule has 80 valence electrons. The summed E-state index contributed by atoms with van der Waals surface area (Å²) in [7, 11) is -5.39. The summed E-state index contributed by atoms with van der Waals surface area (Å²) in [4.78, 5) is 35.7. The Bertz CT molecular complexity index is 177. The van der Waals surface area contributed by atoms with Crippen LogP contribution in [0, 0.1) is 0 Å². The fourth-order valence-electron chi connectivity index (χ4n) is 0.360. The summed E-state index contributed by atoms with van der Waals surface area (Å²) in [6.45, 7) is 4.06. The molecule has 0 bridgehead atoms. The molecule has 0 aromatic heterocycles. The molecule has 0 aromatic carbocycles. The molecule has 0 saturated carbocycles. The van der Waals surface area contributed by atoms with Crippen LogP contribution in [0.2, 0.25) is 0 Å². The van der Waals surface area contributed by atoms with Gasteiger partial charge in [0.15, 0.2) is 0 Å². The Labute approximate surface area is 224 Å². The first-order chi connectivity index (χ1) is 5.77. The van der Waals surface area contributed by atoms with E-state index in [1.807, 2.05) is 0 Å². The van der Waals surface area contributed by atoms with Gasteiger partial charge in [0.25, 0.3) is 0 Å². The zero-order valence-corrected chi connectivity index (χ0v) is 20.8. The third kappa shape index (κ3) is 62.8. The first-order valence-corrected chi connectivity index (χ1v) is 5.09. The first kappa shape index (κ1) is 32.4. The van der Waals surface area contributed by atoms with Crippen LogP contribution in [-0.4, -0.2) is 12.6 Å². The minimum absolute atomic E-state index is 0. The molecule has 0 aliphatic rings. The van der Waals surface area contributed by atoms with Crippen molar-refractivity contribution in [2.75, 3.05) is 6.61 Å². The summed E-state index contributed by atoms with van der Waals surface area (Å²) in [5.41, 5.74) is 0. The van der Waals surface area contributed by atoms with Gasteiger partial charge in [0, 0.05) is 6.92 Å². The average molecular weight is 328 g/mol. The standard InChI is InChI=1S/C6H12O2.3K.H3O4P/c1-3-4-5-8-6(2)7;;;;1-5(2,3)4/h3-5H2,1-2H3;;;;(H3,1,2,3,4)/q;3*+1;/p-3. The van der Waals surface area contributed by atoms with E-state index in [2.05, 4.69) is 11.7 Å². The number of esters is 1. The minimum Gasteiger partial charge on any atom is -0.822 e.